The topological polar surface area (TPSA) is 71.2 Å². The van der Waals surface area contributed by atoms with Gasteiger partial charge in [-0.1, -0.05) is 25.3 Å². The van der Waals surface area contributed by atoms with E-state index in [0.29, 0.717) is 17.3 Å². The molecule has 0 amide bonds. The Balaban J connectivity index is 1.58. The monoisotopic (exact) mass is 404 g/mol. The molecule has 1 saturated carbocycles. The van der Waals surface area contributed by atoms with E-state index < -0.39 is 0 Å². The second-order valence-electron chi connectivity index (χ2n) is 8.19. The fraction of sp³-hybridized carbons (Fsp3) is 0.375. The molecule has 2 aromatic heterocycles. The molecule has 0 aliphatic heterocycles. The summed E-state index contributed by atoms with van der Waals surface area (Å²) in [4.78, 5) is 14.3. The van der Waals surface area contributed by atoms with Gasteiger partial charge in [0.2, 0.25) is 0 Å². The first-order valence-electron chi connectivity index (χ1n) is 10.5. The predicted molar refractivity (Wildman–Crippen MR) is 120 cm³/mol. The van der Waals surface area contributed by atoms with Crippen molar-refractivity contribution >= 4 is 5.82 Å². The van der Waals surface area contributed by atoms with E-state index in [2.05, 4.69) is 22.1 Å². The molecule has 1 N–H and O–H groups in total. The van der Waals surface area contributed by atoms with Crippen LogP contribution in [0.15, 0.2) is 47.3 Å². The van der Waals surface area contributed by atoms with Crippen LogP contribution in [0, 0.1) is 6.92 Å². The Bertz CT molecular complexity index is 1100. The molecule has 1 aromatic carbocycles. The molecule has 1 aliphatic rings. The third-order valence-corrected chi connectivity index (χ3v) is 6.24. The molecule has 6 heteroatoms. The van der Waals surface area contributed by atoms with E-state index in [0.717, 1.165) is 22.6 Å². The van der Waals surface area contributed by atoms with Gasteiger partial charge in [-0.3, -0.25) is 4.79 Å². The van der Waals surface area contributed by atoms with Gasteiger partial charge in [0.25, 0.3) is 5.56 Å². The van der Waals surface area contributed by atoms with Crippen molar-refractivity contribution in [1.82, 2.24) is 14.8 Å². The third-order valence-electron chi connectivity index (χ3n) is 6.24. The number of nitrogens with zero attached hydrogens (tertiary/aromatic N) is 4. The summed E-state index contributed by atoms with van der Waals surface area (Å²) >= 11 is 0. The van der Waals surface area contributed by atoms with E-state index in [4.69, 9.17) is 0 Å². The molecule has 0 unspecified atom stereocenters. The Hall–Kier alpha value is -3.15. The summed E-state index contributed by atoms with van der Waals surface area (Å²) < 4.78 is 1.60. The van der Waals surface area contributed by atoms with Crippen molar-refractivity contribution in [1.29, 1.82) is 0 Å². The lowest BCUT2D eigenvalue weighted by Crippen LogP contribution is -2.34. The molecule has 6 nitrogen and oxygen atoms in total. The summed E-state index contributed by atoms with van der Waals surface area (Å²) in [6, 6.07) is 13.3. The summed E-state index contributed by atoms with van der Waals surface area (Å²) in [6.45, 7) is 1.89. The largest absolute Gasteiger partial charge is 0.507 e. The summed E-state index contributed by atoms with van der Waals surface area (Å²) in [5, 5.41) is 19.4. The smallest absolute Gasteiger partial charge is 0.251 e. The second kappa shape index (κ2) is 8.30. The van der Waals surface area contributed by atoms with Gasteiger partial charge in [0.15, 0.2) is 5.82 Å². The van der Waals surface area contributed by atoms with Crippen LogP contribution in [0.25, 0.3) is 22.4 Å². The van der Waals surface area contributed by atoms with Crippen LogP contribution in [-0.4, -0.2) is 33.0 Å². The van der Waals surface area contributed by atoms with Gasteiger partial charge in [-0.05, 0) is 61.2 Å². The molecule has 3 aromatic rings. The standard InChI is InChI=1S/C24H28N4O2/c1-16-13-18(15-24(30)27(16)2)17-9-10-20(22(29)14-17)21-11-12-23(26-25-21)28(3)19-7-5-4-6-8-19/h9-15,19,29H,4-8H2,1-3H3. The quantitative estimate of drug-likeness (QED) is 0.702. The number of hydrogen-bond donors (Lipinski definition) is 1. The van der Waals surface area contributed by atoms with Crippen molar-refractivity contribution in [2.45, 2.75) is 45.1 Å². The Morgan fingerprint density at radius 3 is 2.40 bits per heavy atom. The molecule has 0 spiro atoms. The maximum Gasteiger partial charge on any atom is 0.251 e. The van der Waals surface area contributed by atoms with Gasteiger partial charge in [0.1, 0.15) is 5.75 Å². The van der Waals surface area contributed by atoms with Crippen molar-refractivity contribution in [3.05, 3.63) is 58.5 Å². The number of benzene rings is 1. The molecule has 30 heavy (non-hydrogen) atoms. The average Bonchev–Trinajstić information content (AvgIpc) is 2.77. The van der Waals surface area contributed by atoms with Crippen LogP contribution in [0.3, 0.4) is 0 Å². The molecule has 0 atom stereocenters. The highest BCUT2D eigenvalue weighted by molar-refractivity contribution is 5.74. The van der Waals surface area contributed by atoms with E-state index in [1.807, 2.05) is 37.3 Å². The van der Waals surface area contributed by atoms with Gasteiger partial charge in [-0.2, -0.15) is 0 Å². The Kier molecular flexibility index (Phi) is 5.57. The minimum Gasteiger partial charge on any atom is -0.507 e. The van der Waals surface area contributed by atoms with Crippen molar-refractivity contribution in [3.8, 4) is 28.1 Å². The molecular formula is C24H28N4O2. The number of pyridine rings is 1. The third kappa shape index (κ3) is 3.95. The minimum absolute atomic E-state index is 0.0721. The normalized spacial score (nSPS) is 14.6. The molecule has 2 heterocycles. The first-order valence-corrected chi connectivity index (χ1v) is 10.5. The Labute approximate surface area is 176 Å². The first-order chi connectivity index (χ1) is 14.4. The van der Waals surface area contributed by atoms with Crippen LogP contribution in [0.2, 0.25) is 0 Å². The number of phenolic OH excluding ortho intramolecular Hbond substituents is 1. The van der Waals surface area contributed by atoms with Crippen LogP contribution in [0.1, 0.15) is 37.8 Å². The van der Waals surface area contributed by atoms with Gasteiger partial charge in [-0.15, -0.1) is 10.2 Å². The lowest BCUT2D eigenvalue weighted by Gasteiger charge is -2.31. The van der Waals surface area contributed by atoms with E-state index in [1.54, 1.807) is 23.7 Å². The molecule has 1 fully saturated rings. The van der Waals surface area contributed by atoms with Crippen molar-refractivity contribution in [2.75, 3.05) is 11.9 Å². The number of aromatic hydroxyl groups is 1. The van der Waals surface area contributed by atoms with E-state index in [-0.39, 0.29) is 11.3 Å². The van der Waals surface area contributed by atoms with E-state index in [1.165, 1.54) is 32.1 Å². The van der Waals surface area contributed by atoms with Crippen molar-refractivity contribution in [2.24, 2.45) is 7.05 Å². The zero-order valence-corrected chi connectivity index (χ0v) is 17.8. The van der Waals surface area contributed by atoms with Crippen molar-refractivity contribution in [3.63, 3.8) is 0 Å². The van der Waals surface area contributed by atoms with Crippen molar-refractivity contribution < 1.29 is 5.11 Å². The van der Waals surface area contributed by atoms with Gasteiger partial charge >= 0.3 is 0 Å². The maximum atomic E-state index is 12.1. The number of hydrogen-bond acceptors (Lipinski definition) is 5. The number of aromatic nitrogens is 3. The fourth-order valence-corrected chi connectivity index (χ4v) is 4.17. The molecule has 0 radical (unpaired) electrons. The summed E-state index contributed by atoms with van der Waals surface area (Å²) in [5.74, 6) is 0.978. The van der Waals surface area contributed by atoms with Crippen LogP contribution in [0.5, 0.6) is 5.75 Å². The second-order valence-corrected chi connectivity index (χ2v) is 8.19. The lowest BCUT2D eigenvalue weighted by molar-refractivity contribution is 0.425. The summed E-state index contributed by atoms with van der Waals surface area (Å²) in [6.07, 6.45) is 6.26. The molecular weight excluding hydrogens is 376 g/mol. The predicted octanol–water partition coefficient (Wildman–Crippen LogP) is 4.29. The first kappa shape index (κ1) is 20.1. The van der Waals surface area contributed by atoms with Crippen LogP contribution >= 0.6 is 0 Å². The highest BCUT2D eigenvalue weighted by Crippen LogP contribution is 2.33. The zero-order chi connectivity index (χ0) is 21.3. The summed E-state index contributed by atoms with van der Waals surface area (Å²) in [7, 11) is 3.83. The van der Waals surface area contributed by atoms with Gasteiger partial charge in [-0.25, -0.2) is 0 Å². The number of rotatable bonds is 4. The molecule has 1 aliphatic carbocycles. The average molecular weight is 405 g/mol. The highest BCUT2D eigenvalue weighted by atomic mass is 16.3. The lowest BCUT2D eigenvalue weighted by atomic mass is 9.94. The molecule has 4 rings (SSSR count). The Morgan fingerprint density at radius 1 is 1.00 bits per heavy atom. The van der Waals surface area contributed by atoms with E-state index >= 15 is 0 Å². The summed E-state index contributed by atoms with van der Waals surface area (Å²) in [5.41, 5.74) is 3.62. The maximum absolute atomic E-state index is 12.1. The molecule has 0 bridgehead atoms. The van der Waals surface area contributed by atoms with Gasteiger partial charge < -0.3 is 14.6 Å². The minimum atomic E-state index is -0.0721. The molecule has 0 saturated heterocycles. The van der Waals surface area contributed by atoms with Gasteiger partial charge in [0, 0.05) is 37.5 Å². The molecule has 156 valence electrons. The Morgan fingerprint density at radius 2 is 1.77 bits per heavy atom. The number of anilines is 1. The number of phenols is 1. The van der Waals surface area contributed by atoms with E-state index in [9.17, 15) is 9.90 Å². The van der Waals surface area contributed by atoms with Crippen LogP contribution in [-0.2, 0) is 7.05 Å². The fourth-order valence-electron chi connectivity index (χ4n) is 4.17. The SMILES string of the molecule is Cc1cc(-c2ccc(-c3ccc(N(C)C4CCCCC4)nn3)c(O)c2)cc(=O)n1C. The van der Waals surface area contributed by atoms with Crippen LogP contribution < -0.4 is 10.5 Å². The number of aryl methyl sites for hydroxylation is 1. The van der Waals surface area contributed by atoms with Crippen LogP contribution in [0.4, 0.5) is 5.82 Å². The zero-order valence-electron chi connectivity index (χ0n) is 17.8. The van der Waals surface area contributed by atoms with Gasteiger partial charge in [0.05, 0.1) is 5.69 Å². The highest BCUT2D eigenvalue weighted by Gasteiger charge is 2.19.